The molecule has 1 aromatic carbocycles. The molecule has 1 N–H and O–H groups in total. The first-order chi connectivity index (χ1) is 13.1. The first kappa shape index (κ1) is 18.5. The third-order valence-electron chi connectivity index (χ3n) is 6.06. The number of benzene rings is 1. The number of nitrogens with zero attached hydrogens (tertiary/aromatic N) is 2. The van der Waals surface area contributed by atoms with E-state index in [0.29, 0.717) is 0 Å². The van der Waals surface area contributed by atoms with Gasteiger partial charge in [-0.05, 0) is 56.5 Å². The highest BCUT2D eigenvalue weighted by molar-refractivity contribution is 5.29. The van der Waals surface area contributed by atoms with Crippen molar-refractivity contribution in [3.05, 3.63) is 59.9 Å². The van der Waals surface area contributed by atoms with Crippen molar-refractivity contribution in [2.45, 2.75) is 51.4 Å². The van der Waals surface area contributed by atoms with E-state index < -0.39 is 5.60 Å². The Kier molecular flexibility index (Phi) is 5.20. The van der Waals surface area contributed by atoms with Gasteiger partial charge in [0.15, 0.2) is 0 Å². The van der Waals surface area contributed by atoms with E-state index in [1.54, 1.807) is 6.20 Å². The maximum Gasteiger partial charge on any atom is 0.120 e. The van der Waals surface area contributed by atoms with Crippen molar-refractivity contribution in [3.8, 4) is 5.75 Å². The molecule has 4 nitrogen and oxygen atoms in total. The molecule has 2 atom stereocenters. The lowest BCUT2D eigenvalue weighted by molar-refractivity contribution is -0.151. The Hall–Kier alpha value is -1.91. The van der Waals surface area contributed by atoms with Gasteiger partial charge in [-0.1, -0.05) is 24.6 Å². The zero-order valence-corrected chi connectivity index (χ0v) is 16.3. The van der Waals surface area contributed by atoms with Gasteiger partial charge in [-0.25, -0.2) is 0 Å². The average Bonchev–Trinajstić information content (AvgIpc) is 2.63. The molecule has 1 aromatic heterocycles. The molecule has 4 rings (SSSR count). The number of hydrogen-bond donors (Lipinski definition) is 1. The summed E-state index contributed by atoms with van der Waals surface area (Å²) in [6.45, 7) is 6.84. The summed E-state index contributed by atoms with van der Waals surface area (Å²) < 4.78 is 5.84. The van der Waals surface area contributed by atoms with Gasteiger partial charge >= 0.3 is 0 Å². The van der Waals surface area contributed by atoms with Gasteiger partial charge < -0.3 is 9.84 Å². The molecule has 1 aliphatic carbocycles. The quantitative estimate of drug-likeness (QED) is 0.869. The Bertz CT molecular complexity index is 748. The lowest BCUT2D eigenvalue weighted by Gasteiger charge is -2.52. The van der Waals surface area contributed by atoms with Crippen LogP contribution in [0.1, 0.15) is 44.4 Å². The first-order valence-corrected chi connectivity index (χ1v) is 10.2. The van der Waals surface area contributed by atoms with Crippen LogP contribution in [0.5, 0.6) is 5.75 Å². The molecule has 2 bridgehead atoms. The number of rotatable bonds is 5. The van der Waals surface area contributed by atoms with Crippen molar-refractivity contribution >= 4 is 0 Å². The van der Waals surface area contributed by atoms with Crippen LogP contribution >= 0.6 is 0 Å². The van der Waals surface area contributed by atoms with Crippen LogP contribution in [0.3, 0.4) is 0 Å². The molecule has 0 unspecified atom stereocenters. The summed E-state index contributed by atoms with van der Waals surface area (Å²) in [5.74, 6) is 1.43. The summed E-state index contributed by atoms with van der Waals surface area (Å²) in [5, 5.41) is 11.6. The maximum atomic E-state index is 11.6. The van der Waals surface area contributed by atoms with Crippen molar-refractivity contribution in [3.63, 3.8) is 0 Å². The third-order valence-corrected chi connectivity index (χ3v) is 6.06. The van der Waals surface area contributed by atoms with Crippen molar-refractivity contribution in [1.29, 1.82) is 0 Å². The third kappa shape index (κ3) is 3.74. The van der Waals surface area contributed by atoms with Crippen LogP contribution in [0.25, 0.3) is 0 Å². The zero-order chi connectivity index (χ0) is 18.9. The van der Waals surface area contributed by atoms with Crippen molar-refractivity contribution in [2.24, 2.45) is 11.8 Å². The highest BCUT2D eigenvalue weighted by Crippen LogP contribution is 2.48. The molecule has 2 heterocycles. The lowest BCUT2D eigenvalue weighted by Crippen LogP contribution is -2.58. The molecule has 2 fully saturated rings. The fourth-order valence-electron chi connectivity index (χ4n) is 4.94. The molecule has 0 amide bonds. The van der Waals surface area contributed by atoms with Gasteiger partial charge in [0.05, 0.1) is 11.8 Å². The minimum absolute atomic E-state index is 0.183. The van der Waals surface area contributed by atoms with E-state index >= 15 is 0 Å². The molecule has 1 aliphatic heterocycles. The van der Waals surface area contributed by atoms with Crippen molar-refractivity contribution in [2.75, 3.05) is 13.1 Å². The fourth-order valence-corrected chi connectivity index (χ4v) is 4.94. The van der Waals surface area contributed by atoms with Crippen LogP contribution < -0.4 is 4.74 Å². The van der Waals surface area contributed by atoms with Gasteiger partial charge in [0.2, 0.25) is 0 Å². The van der Waals surface area contributed by atoms with Gasteiger partial charge in [0.25, 0.3) is 0 Å². The number of pyridine rings is 1. The van der Waals surface area contributed by atoms with Gasteiger partial charge in [-0.2, -0.15) is 0 Å². The van der Waals surface area contributed by atoms with E-state index in [9.17, 15) is 5.11 Å². The topological polar surface area (TPSA) is 45.6 Å². The molecular formula is C23H30N2O2. The Balaban J connectivity index is 1.51. The molecule has 0 radical (unpaired) electrons. The number of aliphatic hydroxyl groups is 1. The summed E-state index contributed by atoms with van der Waals surface area (Å²) in [6, 6.07) is 14.3. The van der Waals surface area contributed by atoms with E-state index in [0.717, 1.165) is 43.9 Å². The Morgan fingerprint density at radius 3 is 2.59 bits per heavy atom. The molecule has 27 heavy (non-hydrogen) atoms. The second-order valence-electron chi connectivity index (χ2n) is 8.37. The molecule has 4 heteroatoms. The smallest absolute Gasteiger partial charge is 0.120 e. The Labute approximate surface area is 162 Å². The highest BCUT2D eigenvalue weighted by Gasteiger charge is 2.52. The first-order valence-electron chi connectivity index (χ1n) is 10.2. The molecular weight excluding hydrogens is 336 g/mol. The molecule has 1 saturated heterocycles. The van der Waals surface area contributed by atoms with E-state index in [1.807, 2.05) is 24.3 Å². The SMILES string of the molecule is CC(C)Oc1cccc(CN2C[C@@H]3CCC[C@@H](C2)C3(O)c2ccccn2)c1. The van der Waals surface area contributed by atoms with Crippen LogP contribution in [-0.4, -0.2) is 34.2 Å². The van der Waals surface area contributed by atoms with Crippen LogP contribution in [0, 0.1) is 11.8 Å². The minimum atomic E-state index is -0.779. The van der Waals surface area contributed by atoms with E-state index in [4.69, 9.17) is 4.74 Å². The summed E-state index contributed by atoms with van der Waals surface area (Å²) in [4.78, 5) is 7.02. The maximum absolute atomic E-state index is 11.6. The highest BCUT2D eigenvalue weighted by atomic mass is 16.5. The summed E-state index contributed by atoms with van der Waals surface area (Å²) >= 11 is 0. The van der Waals surface area contributed by atoms with Crippen LogP contribution in [0.2, 0.25) is 0 Å². The van der Waals surface area contributed by atoms with Crippen LogP contribution in [0.4, 0.5) is 0 Å². The van der Waals surface area contributed by atoms with Crippen LogP contribution in [-0.2, 0) is 12.1 Å². The van der Waals surface area contributed by atoms with Gasteiger partial charge in [-0.15, -0.1) is 0 Å². The number of likely N-dealkylation sites (tertiary alicyclic amines) is 1. The lowest BCUT2D eigenvalue weighted by atomic mass is 9.64. The second-order valence-corrected chi connectivity index (χ2v) is 8.37. The largest absolute Gasteiger partial charge is 0.491 e. The second kappa shape index (κ2) is 7.61. The number of piperidine rings is 1. The zero-order valence-electron chi connectivity index (χ0n) is 16.3. The predicted molar refractivity (Wildman–Crippen MR) is 106 cm³/mol. The van der Waals surface area contributed by atoms with Gasteiger partial charge in [-0.3, -0.25) is 9.88 Å². The van der Waals surface area contributed by atoms with E-state index in [1.165, 1.54) is 12.0 Å². The summed E-state index contributed by atoms with van der Waals surface area (Å²) in [6.07, 6.45) is 5.32. The molecule has 0 spiro atoms. The van der Waals surface area contributed by atoms with E-state index in [2.05, 4.69) is 41.9 Å². The monoisotopic (exact) mass is 366 g/mol. The van der Waals surface area contributed by atoms with Gasteiger partial charge in [0, 0.05) is 37.7 Å². The normalized spacial score (nSPS) is 28.3. The van der Waals surface area contributed by atoms with Crippen molar-refractivity contribution < 1.29 is 9.84 Å². The number of aromatic nitrogens is 1. The molecule has 2 aromatic rings. The molecule has 144 valence electrons. The standard InChI is InChI=1S/C23H30N2O2/c1-17(2)27-21-10-5-7-18(13-21)14-25-15-19-8-6-9-20(16-25)23(19,26)22-11-3-4-12-24-22/h3-5,7,10-13,17,19-20,26H,6,8-9,14-16H2,1-2H3/t19-,20-/m0/s1. The Morgan fingerprint density at radius 1 is 1.15 bits per heavy atom. The van der Waals surface area contributed by atoms with Crippen molar-refractivity contribution in [1.82, 2.24) is 9.88 Å². The fraction of sp³-hybridized carbons (Fsp3) is 0.522. The predicted octanol–water partition coefficient (Wildman–Crippen LogP) is 3.99. The summed E-state index contributed by atoms with van der Waals surface area (Å²) in [5.41, 5.74) is 1.35. The average molecular weight is 367 g/mol. The number of fused-ring (bicyclic) bond motifs is 2. The van der Waals surface area contributed by atoms with Crippen LogP contribution in [0.15, 0.2) is 48.7 Å². The molecule has 2 aliphatic rings. The molecule has 1 saturated carbocycles. The number of hydrogen-bond acceptors (Lipinski definition) is 4. The number of ether oxygens (including phenoxy) is 1. The van der Waals surface area contributed by atoms with E-state index in [-0.39, 0.29) is 17.9 Å². The Morgan fingerprint density at radius 2 is 1.93 bits per heavy atom. The summed E-state index contributed by atoms with van der Waals surface area (Å²) in [7, 11) is 0. The minimum Gasteiger partial charge on any atom is -0.491 e. The van der Waals surface area contributed by atoms with Gasteiger partial charge in [0.1, 0.15) is 11.4 Å².